The van der Waals surface area contributed by atoms with Crippen molar-refractivity contribution >= 4 is 5.91 Å². The fraction of sp³-hybridized carbons (Fsp3) is 0.556. The number of nitriles is 1. The van der Waals surface area contributed by atoms with Gasteiger partial charge in [0.1, 0.15) is 5.82 Å². The molecule has 1 atom stereocenters. The average molecular weight is 332 g/mol. The molecular weight excluding hydrogens is 307 g/mol. The summed E-state index contributed by atoms with van der Waals surface area (Å²) in [6.45, 7) is 7.91. The molecule has 0 bridgehead atoms. The zero-order valence-electron chi connectivity index (χ0n) is 14.6. The first-order valence-electron chi connectivity index (χ1n) is 8.33. The van der Waals surface area contributed by atoms with Gasteiger partial charge < -0.3 is 9.80 Å². The Bertz CT molecular complexity index is 628. The highest BCUT2D eigenvalue weighted by Gasteiger charge is 2.25. The van der Waals surface area contributed by atoms with Crippen LogP contribution in [0.3, 0.4) is 0 Å². The van der Waals surface area contributed by atoms with Crippen molar-refractivity contribution in [3.05, 3.63) is 35.1 Å². The Labute approximate surface area is 143 Å². The van der Waals surface area contributed by atoms with Crippen molar-refractivity contribution in [2.45, 2.75) is 26.4 Å². The van der Waals surface area contributed by atoms with Crippen LogP contribution in [-0.4, -0.2) is 66.4 Å². The Kier molecular flexibility index (Phi) is 6.29. The SMILES string of the molecule is CCN(Cc1ccc(C#N)cc1F)C(=O)CN1CCN(C)C[C@H]1C. The van der Waals surface area contributed by atoms with Crippen LogP contribution in [0.4, 0.5) is 4.39 Å². The summed E-state index contributed by atoms with van der Waals surface area (Å²) in [5.41, 5.74) is 0.729. The smallest absolute Gasteiger partial charge is 0.237 e. The molecule has 130 valence electrons. The Morgan fingerprint density at radius 3 is 2.79 bits per heavy atom. The molecule has 5 nitrogen and oxygen atoms in total. The summed E-state index contributed by atoms with van der Waals surface area (Å²) < 4.78 is 14.1. The number of nitrogens with zero attached hydrogens (tertiary/aromatic N) is 4. The van der Waals surface area contributed by atoms with Crippen LogP contribution in [0.5, 0.6) is 0 Å². The molecule has 0 aliphatic carbocycles. The second-order valence-corrected chi connectivity index (χ2v) is 6.41. The highest BCUT2D eigenvalue weighted by atomic mass is 19.1. The molecule has 6 heteroatoms. The summed E-state index contributed by atoms with van der Waals surface area (Å²) in [4.78, 5) is 18.7. The highest BCUT2D eigenvalue weighted by Crippen LogP contribution is 2.14. The summed E-state index contributed by atoms with van der Waals surface area (Å²) in [7, 11) is 2.09. The fourth-order valence-corrected chi connectivity index (χ4v) is 3.01. The fourth-order valence-electron chi connectivity index (χ4n) is 3.01. The predicted octanol–water partition coefficient (Wildman–Crippen LogP) is 1.68. The second kappa shape index (κ2) is 8.22. The molecule has 1 aliphatic rings. The van der Waals surface area contributed by atoms with Gasteiger partial charge in [0.25, 0.3) is 0 Å². The number of hydrogen-bond acceptors (Lipinski definition) is 4. The molecule has 1 aromatic carbocycles. The van der Waals surface area contributed by atoms with E-state index in [2.05, 4.69) is 23.8 Å². The van der Waals surface area contributed by atoms with Gasteiger partial charge in [-0.3, -0.25) is 9.69 Å². The van der Waals surface area contributed by atoms with Crippen LogP contribution in [0.2, 0.25) is 0 Å². The van der Waals surface area contributed by atoms with Gasteiger partial charge in [-0.05, 0) is 33.0 Å². The molecule has 1 aromatic rings. The van der Waals surface area contributed by atoms with Crippen molar-refractivity contribution in [2.75, 3.05) is 39.8 Å². The van der Waals surface area contributed by atoms with E-state index in [1.165, 1.54) is 6.07 Å². The van der Waals surface area contributed by atoms with Crippen LogP contribution < -0.4 is 0 Å². The number of rotatable bonds is 5. The van der Waals surface area contributed by atoms with Gasteiger partial charge in [0.2, 0.25) is 5.91 Å². The molecule has 2 rings (SSSR count). The minimum Gasteiger partial charge on any atom is -0.337 e. The maximum atomic E-state index is 14.1. The van der Waals surface area contributed by atoms with Crippen LogP contribution in [0.15, 0.2) is 18.2 Å². The number of amides is 1. The largest absolute Gasteiger partial charge is 0.337 e. The van der Waals surface area contributed by atoms with Gasteiger partial charge >= 0.3 is 0 Å². The molecule has 0 spiro atoms. The van der Waals surface area contributed by atoms with E-state index < -0.39 is 5.82 Å². The molecule has 24 heavy (non-hydrogen) atoms. The van der Waals surface area contributed by atoms with Gasteiger partial charge in [-0.25, -0.2) is 4.39 Å². The van der Waals surface area contributed by atoms with Crippen molar-refractivity contribution in [3.8, 4) is 6.07 Å². The van der Waals surface area contributed by atoms with E-state index in [-0.39, 0.29) is 18.0 Å². The van der Waals surface area contributed by atoms with Crippen molar-refractivity contribution in [3.63, 3.8) is 0 Å². The Morgan fingerprint density at radius 2 is 2.21 bits per heavy atom. The molecular formula is C18H25FN4O. The summed E-state index contributed by atoms with van der Waals surface area (Å²) in [6, 6.07) is 6.63. The molecule has 0 aromatic heterocycles. The van der Waals surface area contributed by atoms with E-state index in [1.54, 1.807) is 17.0 Å². The molecule has 1 amide bonds. The minimum absolute atomic E-state index is 0.0117. The molecule has 1 heterocycles. The van der Waals surface area contributed by atoms with Gasteiger partial charge in [-0.1, -0.05) is 6.07 Å². The molecule has 1 aliphatic heterocycles. The first kappa shape index (κ1) is 18.4. The van der Waals surface area contributed by atoms with Crippen molar-refractivity contribution in [1.82, 2.24) is 14.7 Å². The van der Waals surface area contributed by atoms with E-state index >= 15 is 0 Å². The summed E-state index contributed by atoms with van der Waals surface area (Å²) >= 11 is 0. The number of hydrogen-bond donors (Lipinski definition) is 0. The number of benzene rings is 1. The lowest BCUT2D eigenvalue weighted by atomic mass is 10.1. The number of carbonyl (C=O) groups is 1. The van der Waals surface area contributed by atoms with Gasteiger partial charge in [0, 0.05) is 44.3 Å². The minimum atomic E-state index is -0.437. The highest BCUT2D eigenvalue weighted by molar-refractivity contribution is 5.78. The van der Waals surface area contributed by atoms with Gasteiger partial charge in [-0.2, -0.15) is 5.26 Å². The average Bonchev–Trinajstić information content (AvgIpc) is 2.56. The van der Waals surface area contributed by atoms with Crippen molar-refractivity contribution in [2.24, 2.45) is 0 Å². The monoisotopic (exact) mass is 332 g/mol. The third kappa shape index (κ3) is 4.53. The van der Waals surface area contributed by atoms with Crippen molar-refractivity contribution < 1.29 is 9.18 Å². The van der Waals surface area contributed by atoms with E-state index in [4.69, 9.17) is 5.26 Å². The quantitative estimate of drug-likeness (QED) is 0.823. The van der Waals surface area contributed by atoms with E-state index in [0.29, 0.717) is 24.7 Å². The summed E-state index contributed by atoms with van der Waals surface area (Å²) in [5.74, 6) is -0.425. The Hall–Kier alpha value is -1.97. The van der Waals surface area contributed by atoms with E-state index in [1.807, 2.05) is 13.0 Å². The topological polar surface area (TPSA) is 50.6 Å². The van der Waals surface area contributed by atoms with Gasteiger partial charge in [0.15, 0.2) is 0 Å². The number of carbonyl (C=O) groups excluding carboxylic acids is 1. The molecule has 0 saturated carbocycles. The lowest BCUT2D eigenvalue weighted by molar-refractivity contribution is -0.134. The number of likely N-dealkylation sites (N-methyl/N-ethyl adjacent to an activating group) is 2. The van der Waals surface area contributed by atoms with Crippen LogP contribution in [0, 0.1) is 17.1 Å². The zero-order chi connectivity index (χ0) is 17.7. The maximum absolute atomic E-state index is 14.1. The molecule has 1 fully saturated rings. The molecule has 1 saturated heterocycles. The van der Waals surface area contributed by atoms with Crippen LogP contribution in [-0.2, 0) is 11.3 Å². The second-order valence-electron chi connectivity index (χ2n) is 6.41. The summed E-state index contributed by atoms with van der Waals surface area (Å²) in [6.07, 6.45) is 0. The Morgan fingerprint density at radius 1 is 1.46 bits per heavy atom. The summed E-state index contributed by atoms with van der Waals surface area (Å²) in [5, 5.41) is 8.80. The van der Waals surface area contributed by atoms with Gasteiger partial charge in [-0.15, -0.1) is 0 Å². The van der Waals surface area contributed by atoms with Crippen LogP contribution in [0.25, 0.3) is 0 Å². The number of piperazine rings is 1. The maximum Gasteiger partial charge on any atom is 0.237 e. The number of halogens is 1. The molecule has 0 N–H and O–H groups in total. The standard InChI is InChI=1S/C18H25FN4O/c1-4-22(12-16-6-5-15(10-20)9-17(16)19)18(24)13-23-8-7-21(3)11-14(23)2/h5-6,9,14H,4,7-8,11-13H2,1-3H3/t14-/m1/s1. The first-order valence-corrected chi connectivity index (χ1v) is 8.33. The zero-order valence-corrected chi connectivity index (χ0v) is 14.6. The van der Waals surface area contributed by atoms with Crippen LogP contribution in [0.1, 0.15) is 25.0 Å². The third-order valence-corrected chi connectivity index (χ3v) is 4.58. The van der Waals surface area contributed by atoms with Crippen molar-refractivity contribution in [1.29, 1.82) is 5.26 Å². The van der Waals surface area contributed by atoms with Crippen LogP contribution >= 0.6 is 0 Å². The Balaban J connectivity index is 2.00. The normalized spacial score (nSPS) is 19.0. The van der Waals surface area contributed by atoms with E-state index in [0.717, 1.165) is 19.6 Å². The lowest BCUT2D eigenvalue weighted by Crippen LogP contribution is -2.53. The first-order chi connectivity index (χ1) is 11.4. The predicted molar refractivity (Wildman–Crippen MR) is 90.7 cm³/mol. The van der Waals surface area contributed by atoms with E-state index in [9.17, 15) is 9.18 Å². The lowest BCUT2D eigenvalue weighted by Gasteiger charge is -2.38. The molecule has 0 unspecified atom stereocenters. The molecule has 0 radical (unpaired) electrons. The third-order valence-electron chi connectivity index (χ3n) is 4.58. The van der Waals surface area contributed by atoms with Gasteiger partial charge in [0.05, 0.1) is 18.2 Å².